The van der Waals surface area contributed by atoms with Crippen molar-refractivity contribution in [3.05, 3.63) is 42.2 Å². The third kappa shape index (κ3) is 4.08. The van der Waals surface area contributed by atoms with Crippen LogP contribution in [0.25, 0.3) is 0 Å². The number of rotatable bonds is 7. The Morgan fingerprint density at radius 3 is 2.57 bits per heavy atom. The largest absolute Gasteiger partial charge is 0.481 e. The van der Waals surface area contributed by atoms with E-state index in [1.54, 1.807) is 7.11 Å². The maximum absolute atomic E-state index is 5.12. The molecule has 0 aliphatic rings. The molecule has 0 unspecified atom stereocenters. The molecule has 2 aromatic rings. The first-order valence-electron chi connectivity index (χ1n) is 7.21. The summed E-state index contributed by atoms with van der Waals surface area (Å²) in [5.74, 6) is 1.63. The van der Waals surface area contributed by atoms with E-state index in [0.29, 0.717) is 12.4 Å². The van der Waals surface area contributed by atoms with Crippen molar-refractivity contribution >= 4 is 11.5 Å². The van der Waals surface area contributed by atoms with E-state index in [0.717, 1.165) is 30.3 Å². The van der Waals surface area contributed by atoms with Crippen molar-refractivity contribution in [2.24, 2.45) is 0 Å². The van der Waals surface area contributed by atoms with Gasteiger partial charge in [-0.05, 0) is 32.0 Å². The zero-order chi connectivity index (χ0) is 15.1. The van der Waals surface area contributed by atoms with Crippen molar-refractivity contribution in [2.45, 2.75) is 20.4 Å². The molecule has 0 fully saturated rings. The summed E-state index contributed by atoms with van der Waals surface area (Å²) in [6.45, 7) is 6.83. The summed E-state index contributed by atoms with van der Waals surface area (Å²) in [7, 11) is 1.62. The monoisotopic (exact) mass is 286 g/mol. The summed E-state index contributed by atoms with van der Waals surface area (Å²) < 4.78 is 5.12. The number of ether oxygens (including phenoxy) is 1. The number of methoxy groups -OCH3 is 1. The van der Waals surface area contributed by atoms with Crippen LogP contribution >= 0.6 is 0 Å². The first kappa shape index (κ1) is 15.1. The second-order valence-electron chi connectivity index (χ2n) is 4.60. The Hall–Kier alpha value is -2.30. The molecule has 112 valence electrons. The van der Waals surface area contributed by atoms with E-state index in [-0.39, 0.29) is 0 Å². The summed E-state index contributed by atoms with van der Waals surface area (Å²) in [6, 6.07) is 9.82. The lowest BCUT2D eigenvalue weighted by Gasteiger charge is -2.19. The Morgan fingerprint density at radius 1 is 1.14 bits per heavy atom. The Kier molecular flexibility index (Phi) is 5.37. The van der Waals surface area contributed by atoms with Crippen LogP contribution in [0.3, 0.4) is 0 Å². The van der Waals surface area contributed by atoms with Crippen LogP contribution in [0.2, 0.25) is 0 Å². The topological polar surface area (TPSA) is 50.3 Å². The van der Waals surface area contributed by atoms with Crippen LogP contribution in [0.5, 0.6) is 5.88 Å². The molecule has 1 N–H and O–H groups in total. The Bertz CT molecular complexity index is 552. The molecule has 5 heteroatoms. The molecule has 0 saturated heterocycles. The minimum atomic E-state index is 0.629. The highest BCUT2D eigenvalue weighted by molar-refractivity contribution is 5.48. The predicted octanol–water partition coefficient (Wildman–Crippen LogP) is 2.94. The van der Waals surface area contributed by atoms with Gasteiger partial charge in [0, 0.05) is 19.2 Å². The molecule has 0 saturated carbocycles. The van der Waals surface area contributed by atoms with E-state index in [4.69, 9.17) is 4.74 Å². The lowest BCUT2D eigenvalue weighted by Crippen LogP contribution is -2.22. The van der Waals surface area contributed by atoms with Gasteiger partial charge >= 0.3 is 0 Å². The second kappa shape index (κ2) is 7.47. The number of anilines is 2. The molecule has 2 rings (SSSR count). The standard InChI is InChI=1S/C16H22N4O/c1-4-20(5-2)15-10-9-13(11-18-15)17-12-14-7-6-8-16(19-14)21-3/h6-11,17H,4-5,12H2,1-3H3. The van der Waals surface area contributed by atoms with Gasteiger partial charge in [-0.15, -0.1) is 0 Å². The average molecular weight is 286 g/mol. The first-order chi connectivity index (χ1) is 10.3. The van der Waals surface area contributed by atoms with E-state index in [9.17, 15) is 0 Å². The Balaban J connectivity index is 1.97. The number of nitrogens with zero attached hydrogens (tertiary/aromatic N) is 3. The minimum absolute atomic E-state index is 0.629. The quantitative estimate of drug-likeness (QED) is 0.848. The van der Waals surface area contributed by atoms with Crippen LogP contribution in [0.15, 0.2) is 36.5 Å². The molecule has 0 bridgehead atoms. The highest BCUT2D eigenvalue weighted by Gasteiger charge is 2.03. The summed E-state index contributed by atoms with van der Waals surface area (Å²) in [6.07, 6.45) is 1.85. The van der Waals surface area contributed by atoms with E-state index in [1.165, 1.54) is 0 Å². The third-order valence-electron chi connectivity index (χ3n) is 3.30. The van der Waals surface area contributed by atoms with Crippen molar-refractivity contribution in [1.82, 2.24) is 9.97 Å². The molecule has 0 atom stereocenters. The van der Waals surface area contributed by atoms with Gasteiger partial charge in [0.2, 0.25) is 5.88 Å². The fourth-order valence-corrected chi connectivity index (χ4v) is 2.09. The zero-order valence-corrected chi connectivity index (χ0v) is 12.8. The molecule has 0 aliphatic carbocycles. The smallest absolute Gasteiger partial charge is 0.213 e. The van der Waals surface area contributed by atoms with Gasteiger partial charge < -0.3 is 15.0 Å². The van der Waals surface area contributed by atoms with E-state index in [2.05, 4.69) is 34.0 Å². The maximum Gasteiger partial charge on any atom is 0.213 e. The van der Waals surface area contributed by atoms with Crippen molar-refractivity contribution in [3.8, 4) is 5.88 Å². The van der Waals surface area contributed by atoms with Crippen LogP contribution in [-0.2, 0) is 6.54 Å². The van der Waals surface area contributed by atoms with E-state index in [1.807, 2.05) is 36.5 Å². The van der Waals surface area contributed by atoms with Gasteiger partial charge in [-0.3, -0.25) is 0 Å². The van der Waals surface area contributed by atoms with Crippen LogP contribution in [-0.4, -0.2) is 30.2 Å². The van der Waals surface area contributed by atoms with Gasteiger partial charge in [0.05, 0.1) is 31.2 Å². The molecule has 0 amide bonds. The minimum Gasteiger partial charge on any atom is -0.481 e. The molecular formula is C16H22N4O. The average Bonchev–Trinajstić information content (AvgIpc) is 2.55. The number of nitrogens with one attached hydrogen (secondary N) is 1. The molecule has 0 radical (unpaired) electrons. The number of hydrogen-bond donors (Lipinski definition) is 1. The molecule has 0 spiro atoms. The van der Waals surface area contributed by atoms with Gasteiger partial charge in [0.15, 0.2) is 0 Å². The van der Waals surface area contributed by atoms with E-state index >= 15 is 0 Å². The molecule has 0 aromatic carbocycles. The summed E-state index contributed by atoms with van der Waals surface area (Å²) in [4.78, 5) is 11.1. The lowest BCUT2D eigenvalue weighted by atomic mass is 10.3. The van der Waals surface area contributed by atoms with Crippen LogP contribution in [0, 0.1) is 0 Å². The summed E-state index contributed by atoms with van der Waals surface area (Å²) in [5, 5.41) is 3.32. The normalized spacial score (nSPS) is 10.2. The number of pyridine rings is 2. The van der Waals surface area contributed by atoms with Crippen molar-refractivity contribution in [2.75, 3.05) is 30.4 Å². The molecule has 21 heavy (non-hydrogen) atoms. The van der Waals surface area contributed by atoms with Crippen molar-refractivity contribution < 1.29 is 4.74 Å². The molecule has 0 aliphatic heterocycles. The highest BCUT2D eigenvalue weighted by atomic mass is 16.5. The summed E-state index contributed by atoms with van der Waals surface area (Å²) >= 11 is 0. The molecular weight excluding hydrogens is 264 g/mol. The number of hydrogen-bond acceptors (Lipinski definition) is 5. The highest BCUT2D eigenvalue weighted by Crippen LogP contribution is 2.15. The zero-order valence-electron chi connectivity index (χ0n) is 12.8. The summed E-state index contributed by atoms with van der Waals surface area (Å²) in [5.41, 5.74) is 1.91. The van der Waals surface area contributed by atoms with Crippen LogP contribution in [0.1, 0.15) is 19.5 Å². The number of aromatic nitrogens is 2. The van der Waals surface area contributed by atoms with Gasteiger partial charge in [0.1, 0.15) is 5.82 Å². The second-order valence-corrected chi connectivity index (χ2v) is 4.60. The molecule has 2 aromatic heterocycles. The fraction of sp³-hybridized carbons (Fsp3) is 0.375. The van der Waals surface area contributed by atoms with Crippen molar-refractivity contribution in [3.63, 3.8) is 0 Å². The van der Waals surface area contributed by atoms with Crippen molar-refractivity contribution in [1.29, 1.82) is 0 Å². The fourth-order valence-electron chi connectivity index (χ4n) is 2.09. The van der Waals surface area contributed by atoms with E-state index < -0.39 is 0 Å². The van der Waals surface area contributed by atoms with Crippen LogP contribution in [0.4, 0.5) is 11.5 Å². The van der Waals surface area contributed by atoms with Gasteiger partial charge in [-0.25, -0.2) is 9.97 Å². The van der Waals surface area contributed by atoms with Gasteiger partial charge in [-0.2, -0.15) is 0 Å². The predicted molar refractivity (Wildman–Crippen MR) is 85.9 cm³/mol. The van der Waals surface area contributed by atoms with Crippen LogP contribution < -0.4 is 15.0 Å². The first-order valence-corrected chi connectivity index (χ1v) is 7.21. The molecule has 5 nitrogen and oxygen atoms in total. The van der Waals surface area contributed by atoms with Gasteiger partial charge in [0.25, 0.3) is 0 Å². The SMILES string of the molecule is CCN(CC)c1ccc(NCc2cccc(OC)n2)cn1. The third-order valence-corrected chi connectivity index (χ3v) is 3.30. The molecule has 2 heterocycles. The lowest BCUT2D eigenvalue weighted by molar-refractivity contribution is 0.396. The van der Waals surface area contributed by atoms with Gasteiger partial charge in [-0.1, -0.05) is 6.07 Å². The Labute approximate surface area is 126 Å². The Morgan fingerprint density at radius 2 is 1.95 bits per heavy atom. The maximum atomic E-state index is 5.12.